The van der Waals surface area contributed by atoms with Crippen LogP contribution in [-0.2, 0) is 4.79 Å². The molecule has 0 aliphatic rings. The zero-order valence-electron chi connectivity index (χ0n) is 9.44. The molecule has 1 rings (SSSR count). The Balaban J connectivity index is 0.00000256. The van der Waals surface area contributed by atoms with Gasteiger partial charge in [-0.3, -0.25) is 4.79 Å². The number of rotatable bonds is 5. The average molecular weight is 279 g/mol. The normalized spacial score (nSPS) is 11.5. The van der Waals surface area contributed by atoms with Crippen molar-refractivity contribution in [3.63, 3.8) is 0 Å². The molecule has 96 valence electrons. The number of likely N-dealkylation sites (N-methyl/N-ethyl adjacent to an activating group) is 1. The van der Waals surface area contributed by atoms with Gasteiger partial charge < -0.3 is 15.7 Å². The summed E-state index contributed by atoms with van der Waals surface area (Å²) in [6.45, 7) is 0.440. The molecular formula is C11H16Cl2N2O2. The maximum atomic E-state index is 11.1. The molecule has 1 unspecified atom stereocenters. The van der Waals surface area contributed by atoms with E-state index in [1.165, 1.54) is 0 Å². The average Bonchev–Trinajstić information content (AvgIpc) is 2.27. The number of carbonyl (C=O) groups excluding carboxylic acids is 1. The SMILES string of the molecule is CNCC(=O)NCC(O)c1ccc(Cl)cc1.Cl. The van der Waals surface area contributed by atoms with E-state index in [0.29, 0.717) is 5.02 Å². The Kier molecular flexibility index (Phi) is 7.91. The van der Waals surface area contributed by atoms with Gasteiger partial charge in [0.1, 0.15) is 0 Å². The Morgan fingerprint density at radius 2 is 2.00 bits per heavy atom. The van der Waals surface area contributed by atoms with Gasteiger partial charge in [0.25, 0.3) is 0 Å². The molecule has 4 nitrogen and oxygen atoms in total. The minimum Gasteiger partial charge on any atom is -0.387 e. The molecule has 1 atom stereocenters. The van der Waals surface area contributed by atoms with E-state index < -0.39 is 6.10 Å². The van der Waals surface area contributed by atoms with Crippen LogP contribution in [0.4, 0.5) is 0 Å². The van der Waals surface area contributed by atoms with E-state index in [0.717, 1.165) is 5.56 Å². The Morgan fingerprint density at radius 3 is 2.53 bits per heavy atom. The standard InChI is InChI=1S/C11H15ClN2O2.ClH/c1-13-7-11(16)14-6-10(15)8-2-4-9(12)5-3-8;/h2-5,10,13,15H,6-7H2,1H3,(H,14,16);1H. The number of nitrogens with one attached hydrogen (secondary N) is 2. The lowest BCUT2D eigenvalue weighted by Gasteiger charge is -2.12. The van der Waals surface area contributed by atoms with Crippen LogP contribution in [0.15, 0.2) is 24.3 Å². The largest absolute Gasteiger partial charge is 0.387 e. The maximum Gasteiger partial charge on any atom is 0.234 e. The van der Waals surface area contributed by atoms with Crippen molar-refractivity contribution in [2.75, 3.05) is 20.1 Å². The van der Waals surface area contributed by atoms with Crippen molar-refractivity contribution in [1.82, 2.24) is 10.6 Å². The lowest BCUT2D eigenvalue weighted by molar-refractivity contribution is -0.120. The molecule has 0 spiro atoms. The summed E-state index contributed by atoms with van der Waals surface area (Å²) in [6, 6.07) is 6.87. The first-order valence-corrected chi connectivity index (χ1v) is 5.36. The first-order valence-electron chi connectivity index (χ1n) is 4.98. The first-order chi connectivity index (χ1) is 7.63. The molecule has 0 saturated carbocycles. The Morgan fingerprint density at radius 1 is 1.41 bits per heavy atom. The zero-order valence-corrected chi connectivity index (χ0v) is 11.0. The molecule has 0 aromatic heterocycles. The van der Waals surface area contributed by atoms with Gasteiger partial charge in [-0.25, -0.2) is 0 Å². The van der Waals surface area contributed by atoms with Gasteiger partial charge in [0.2, 0.25) is 5.91 Å². The van der Waals surface area contributed by atoms with Crippen molar-refractivity contribution in [3.05, 3.63) is 34.9 Å². The van der Waals surface area contributed by atoms with Gasteiger partial charge in [0.15, 0.2) is 0 Å². The fourth-order valence-electron chi connectivity index (χ4n) is 1.24. The van der Waals surface area contributed by atoms with Crippen molar-refractivity contribution >= 4 is 29.9 Å². The highest BCUT2D eigenvalue weighted by molar-refractivity contribution is 6.30. The van der Waals surface area contributed by atoms with Crippen molar-refractivity contribution in [2.45, 2.75) is 6.10 Å². The third-order valence-corrected chi connectivity index (χ3v) is 2.34. The fourth-order valence-corrected chi connectivity index (χ4v) is 1.36. The number of amides is 1. The summed E-state index contributed by atoms with van der Waals surface area (Å²) in [7, 11) is 1.69. The van der Waals surface area contributed by atoms with Crippen LogP contribution in [0.1, 0.15) is 11.7 Å². The van der Waals surface area contributed by atoms with E-state index in [1.54, 1.807) is 31.3 Å². The molecule has 0 fully saturated rings. The van der Waals surface area contributed by atoms with E-state index in [1.807, 2.05) is 0 Å². The maximum absolute atomic E-state index is 11.1. The number of aliphatic hydroxyl groups is 1. The second kappa shape index (κ2) is 8.31. The minimum atomic E-state index is -0.710. The number of hydrogen-bond donors (Lipinski definition) is 3. The molecule has 0 bridgehead atoms. The van der Waals surface area contributed by atoms with Crippen LogP contribution in [0.25, 0.3) is 0 Å². The highest BCUT2D eigenvalue weighted by Gasteiger charge is 2.08. The minimum absolute atomic E-state index is 0. The van der Waals surface area contributed by atoms with Crippen LogP contribution in [0.2, 0.25) is 5.02 Å². The summed E-state index contributed by atoms with van der Waals surface area (Å²) in [6.07, 6.45) is -0.710. The zero-order chi connectivity index (χ0) is 12.0. The van der Waals surface area contributed by atoms with Gasteiger partial charge in [-0.1, -0.05) is 23.7 Å². The molecule has 0 aliphatic carbocycles. The second-order valence-corrected chi connectivity index (χ2v) is 3.84. The van der Waals surface area contributed by atoms with E-state index in [4.69, 9.17) is 11.6 Å². The van der Waals surface area contributed by atoms with E-state index >= 15 is 0 Å². The smallest absolute Gasteiger partial charge is 0.234 e. The van der Waals surface area contributed by atoms with Crippen LogP contribution in [0.5, 0.6) is 0 Å². The number of hydrogen-bond acceptors (Lipinski definition) is 3. The van der Waals surface area contributed by atoms with Crippen LogP contribution < -0.4 is 10.6 Å². The molecule has 1 aromatic rings. The second-order valence-electron chi connectivity index (χ2n) is 3.40. The Labute approximate surface area is 112 Å². The predicted molar refractivity (Wildman–Crippen MR) is 70.6 cm³/mol. The third kappa shape index (κ3) is 5.89. The van der Waals surface area contributed by atoms with Gasteiger partial charge in [0, 0.05) is 11.6 Å². The van der Waals surface area contributed by atoms with Crippen molar-refractivity contribution in [1.29, 1.82) is 0 Å². The summed E-state index contributed by atoms with van der Waals surface area (Å²) in [5, 5.41) is 15.7. The van der Waals surface area contributed by atoms with Crippen LogP contribution in [0, 0.1) is 0 Å². The fraction of sp³-hybridized carbons (Fsp3) is 0.364. The number of halogens is 2. The predicted octanol–water partition coefficient (Wildman–Crippen LogP) is 1.13. The van der Waals surface area contributed by atoms with Crippen LogP contribution in [0.3, 0.4) is 0 Å². The van der Waals surface area contributed by atoms with Gasteiger partial charge in [-0.15, -0.1) is 12.4 Å². The lowest BCUT2D eigenvalue weighted by Crippen LogP contribution is -2.34. The van der Waals surface area contributed by atoms with Crippen molar-refractivity contribution in [2.24, 2.45) is 0 Å². The summed E-state index contributed by atoms with van der Waals surface area (Å²) in [5.74, 6) is -0.143. The van der Waals surface area contributed by atoms with Crippen molar-refractivity contribution in [3.8, 4) is 0 Å². The lowest BCUT2D eigenvalue weighted by atomic mass is 10.1. The molecule has 0 saturated heterocycles. The molecule has 3 N–H and O–H groups in total. The molecule has 0 aliphatic heterocycles. The van der Waals surface area contributed by atoms with E-state index in [-0.39, 0.29) is 31.4 Å². The molecule has 1 aromatic carbocycles. The molecule has 17 heavy (non-hydrogen) atoms. The monoisotopic (exact) mass is 278 g/mol. The number of aliphatic hydroxyl groups excluding tert-OH is 1. The van der Waals surface area contributed by atoms with Gasteiger partial charge >= 0.3 is 0 Å². The Bertz CT molecular complexity index is 344. The van der Waals surface area contributed by atoms with Gasteiger partial charge in [-0.05, 0) is 24.7 Å². The highest BCUT2D eigenvalue weighted by atomic mass is 35.5. The topological polar surface area (TPSA) is 61.4 Å². The van der Waals surface area contributed by atoms with Crippen molar-refractivity contribution < 1.29 is 9.90 Å². The van der Waals surface area contributed by atoms with E-state index in [9.17, 15) is 9.90 Å². The van der Waals surface area contributed by atoms with Crippen LogP contribution in [-0.4, -0.2) is 31.2 Å². The summed E-state index contributed by atoms with van der Waals surface area (Å²) >= 11 is 5.73. The van der Waals surface area contributed by atoms with Gasteiger partial charge in [-0.2, -0.15) is 0 Å². The number of benzene rings is 1. The first kappa shape index (κ1) is 16.2. The summed E-state index contributed by atoms with van der Waals surface area (Å²) in [4.78, 5) is 11.1. The molecule has 1 amide bonds. The third-order valence-electron chi connectivity index (χ3n) is 2.08. The molecule has 6 heteroatoms. The highest BCUT2D eigenvalue weighted by Crippen LogP contribution is 2.15. The summed E-state index contributed by atoms with van der Waals surface area (Å²) < 4.78 is 0. The Hall–Kier alpha value is -0.810. The van der Waals surface area contributed by atoms with Gasteiger partial charge in [0.05, 0.1) is 12.6 Å². The molecule has 0 heterocycles. The van der Waals surface area contributed by atoms with E-state index in [2.05, 4.69) is 10.6 Å². The quantitative estimate of drug-likeness (QED) is 0.757. The number of carbonyl (C=O) groups is 1. The molecular weight excluding hydrogens is 263 g/mol. The summed E-state index contributed by atoms with van der Waals surface area (Å²) in [5.41, 5.74) is 0.731. The van der Waals surface area contributed by atoms with Crippen LogP contribution >= 0.6 is 24.0 Å². The molecule has 0 radical (unpaired) electrons.